The van der Waals surface area contributed by atoms with E-state index in [9.17, 15) is 0 Å². The Kier molecular flexibility index (Phi) is 6.20. The standard InChI is InChI=1S/C30H30N4OS/c1-21-8-2-5-12-27(21)35-25-15-13-24(14-16-25)34-29(22-17-19-33(20-22)23-9-3-4-10-23)28(32-30(34)36)26-11-6-7-18-31-26/h2,5-8,11-20,23,28-29H,3-4,9-10H2,1H3,(H,32,36)/t28-,29-/m0/s1. The van der Waals surface area contributed by atoms with E-state index in [-0.39, 0.29) is 12.1 Å². The third-order valence-corrected chi connectivity index (χ3v) is 7.67. The van der Waals surface area contributed by atoms with E-state index >= 15 is 0 Å². The lowest BCUT2D eigenvalue weighted by Gasteiger charge is -2.27. The van der Waals surface area contributed by atoms with Crippen LogP contribution in [0.4, 0.5) is 5.69 Å². The van der Waals surface area contributed by atoms with E-state index in [1.807, 2.05) is 48.7 Å². The molecule has 1 N–H and O–H groups in total. The molecule has 2 fully saturated rings. The quantitative estimate of drug-likeness (QED) is 0.285. The maximum atomic E-state index is 6.14. The molecule has 0 bridgehead atoms. The number of aryl methyl sites for hydroxylation is 1. The predicted molar refractivity (Wildman–Crippen MR) is 148 cm³/mol. The lowest BCUT2D eigenvalue weighted by atomic mass is 9.98. The van der Waals surface area contributed by atoms with Gasteiger partial charge in [-0.2, -0.15) is 0 Å². The molecular formula is C30H30N4OS. The molecule has 2 aromatic heterocycles. The Morgan fingerprint density at radius 2 is 1.72 bits per heavy atom. The summed E-state index contributed by atoms with van der Waals surface area (Å²) in [4.78, 5) is 6.90. The monoisotopic (exact) mass is 494 g/mol. The molecule has 182 valence electrons. The van der Waals surface area contributed by atoms with Gasteiger partial charge in [0.1, 0.15) is 11.5 Å². The maximum Gasteiger partial charge on any atom is 0.174 e. The van der Waals surface area contributed by atoms with Crippen molar-refractivity contribution in [2.24, 2.45) is 0 Å². The molecule has 6 rings (SSSR count). The highest BCUT2D eigenvalue weighted by Gasteiger charge is 2.41. The molecule has 6 heteroatoms. The molecule has 5 nitrogen and oxygen atoms in total. The highest BCUT2D eigenvalue weighted by atomic mass is 32.1. The van der Waals surface area contributed by atoms with Crippen LogP contribution in [-0.4, -0.2) is 14.7 Å². The van der Waals surface area contributed by atoms with E-state index in [2.05, 4.69) is 69.4 Å². The van der Waals surface area contributed by atoms with Gasteiger partial charge in [0.2, 0.25) is 0 Å². The van der Waals surface area contributed by atoms with Crippen molar-refractivity contribution < 1.29 is 4.74 Å². The first-order valence-corrected chi connectivity index (χ1v) is 13.1. The topological polar surface area (TPSA) is 42.3 Å². The number of thiocarbonyl (C=S) groups is 1. The van der Waals surface area contributed by atoms with Gasteiger partial charge in [0.05, 0.1) is 17.8 Å². The Balaban J connectivity index is 1.33. The van der Waals surface area contributed by atoms with Gasteiger partial charge >= 0.3 is 0 Å². The van der Waals surface area contributed by atoms with Crippen molar-refractivity contribution in [1.29, 1.82) is 0 Å². The Hall–Kier alpha value is -3.64. The van der Waals surface area contributed by atoms with Crippen LogP contribution in [0.5, 0.6) is 11.5 Å². The first kappa shape index (κ1) is 22.8. The predicted octanol–water partition coefficient (Wildman–Crippen LogP) is 7.28. The summed E-state index contributed by atoms with van der Waals surface area (Å²) < 4.78 is 8.53. The molecule has 36 heavy (non-hydrogen) atoms. The van der Waals surface area contributed by atoms with Crippen LogP contribution < -0.4 is 15.0 Å². The number of aromatic nitrogens is 2. The number of benzene rings is 2. The van der Waals surface area contributed by atoms with Gasteiger partial charge in [0, 0.05) is 30.3 Å². The SMILES string of the molecule is Cc1ccccc1Oc1ccc(N2C(=S)N[C@@H](c3ccccn3)[C@@H]2c2ccn(C3CCCC3)c2)cc1. The van der Waals surface area contributed by atoms with E-state index in [0.29, 0.717) is 11.2 Å². The van der Waals surface area contributed by atoms with Crippen LogP contribution in [0.25, 0.3) is 0 Å². The second-order valence-corrected chi connectivity index (χ2v) is 10.1. The Bertz CT molecular complexity index is 1340. The van der Waals surface area contributed by atoms with E-state index in [0.717, 1.165) is 28.4 Å². The summed E-state index contributed by atoms with van der Waals surface area (Å²) in [6, 6.07) is 25.1. The summed E-state index contributed by atoms with van der Waals surface area (Å²) in [6.45, 7) is 2.05. The smallest absolute Gasteiger partial charge is 0.174 e. The van der Waals surface area contributed by atoms with E-state index in [1.54, 1.807) is 0 Å². The summed E-state index contributed by atoms with van der Waals surface area (Å²) in [5.74, 6) is 1.67. The molecule has 3 heterocycles. The van der Waals surface area contributed by atoms with Crippen LogP contribution in [0.15, 0.2) is 91.4 Å². The molecule has 2 atom stereocenters. The fourth-order valence-corrected chi connectivity index (χ4v) is 5.83. The zero-order chi connectivity index (χ0) is 24.5. The first-order valence-electron chi connectivity index (χ1n) is 12.7. The lowest BCUT2D eigenvalue weighted by molar-refractivity contribution is 0.479. The van der Waals surface area contributed by atoms with Crippen LogP contribution in [0.3, 0.4) is 0 Å². The molecule has 1 aliphatic carbocycles. The van der Waals surface area contributed by atoms with Gasteiger partial charge in [-0.1, -0.05) is 37.1 Å². The largest absolute Gasteiger partial charge is 0.457 e. The van der Waals surface area contributed by atoms with Crippen LogP contribution in [-0.2, 0) is 0 Å². The van der Waals surface area contributed by atoms with Gasteiger partial charge in [-0.15, -0.1) is 0 Å². The van der Waals surface area contributed by atoms with E-state index < -0.39 is 0 Å². The summed E-state index contributed by atoms with van der Waals surface area (Å²) >= 11 is 5.89. The van der Waals surface area contributed by atoms with Crippen molar-refractivity contribution in [3.05, 3.63) is 108 Å². The molecule has 2 aromatic carbocycles. The number of anilines is 1. The Morgan fingerprint density at radius 1 is 0.944 bits per heavy atom. The van der Waals surface area contributed by atoms with E-state index in [4.69, 9.17) is 17.0 Å². The first-order chi connectivity index (χ1) is 17.7. The Labute approximate surface area is 217 Å². The molecule has 0 radical (unpaired) electrons. The second-order valence-electron chi connectivity index (χ2n) is 9.69. The summed E-state index contributed by atoms with van der Waals surface area (Å²) in [5, 5.41) is 4.27. The van der Waals surface area contributed by atoms with Gasteiger partial charge in [-0.25, -0.2) is 0 Å². The molecule has 1 aliphatic heterocycles. The van der Waals surface area contributed by atoms with Crippen molar-refractivity contribution in [3.8, 4) is 11.5 Å². The van der Waals surface area contributed by atoms with Crippen molar-refractivity contribution >= 4 is 23.0 Å². The number of pyridine rings is 1. The normalized spacial score (nSPS) is 20.0. The number of nitrogens with one attached hydrogen (secondary N) is 1. The van der Waals surface area contributed by atoms with Crippen LogP contribution in [0, 0.1) is 6.92 Å². The highest BCUT2D eigenvalue weighted by molar-refractivity contribution is 7.80. The van der Waals surface area contributed by atoms with Crippen molar-refractivity contribution in [3.63, 3.8) is 0 Å². The van der Waals surface area contributed by atoms with Crippen LogP contribution in [0.2, 0.25) is 0 Å². The molecule has 0 amide bonds. The average molecular weight is 495 g/mol. The third kappa shape index (κ3) is 4.37. The van der Waals surface area contributed by atoms with Gasteiger partial charge in [-0.05, 0) is 91.6 Å². The van der Waals surface area contributed by atoms with Gasteiger partial charge < -0.3 is 19.5 Å². The minimum atomic E-state index is -0.0407. The average Bonchev–Trinajstić information content (AvgIpc) is 3.66. The molecule has 4 aromatic rings. The fourth-order valence-electron chi connectivity index (χ4n) is 5.48. The zero-order valence-corrected chi connectivity index (χ0v) is 21.2. The third-order valence-electron chi connectivity index (χ3n) is 7.36. The van der Waals surface area contributed by atoms with Gasteiger partial charge in [0.25, 0.3) is 0 Å². The van der Waals surface area contributed by atoms with Gasteiger partial charge in [0.15, 0.2) is 5.11 Å². The van der Waals surface area contributed by atoms with Crippen LogP contribution in [0.1, 0.15) is 60.6 Å². The van der Waals surface area contributed by atoms with Crippen LogP contribution >= 0.6 is 12.2 Å². The number of nitrogens with zero attached hydrogens (tertiary/aromatic N) is 3. The number of ether oxygens (including phenoxy) is 1. The maximum absolute atomic E-state index is 6.14. The van der Waals surface area contributed by atoms with E-state index in [1.165, 1.54) is 31.2 Å². The number of rotatable bonds is 6. The molecule has 2 aliphatic rings. The van der Waals surface area contributed by atoms with Crippen molar-refractivity contribution in [1.82, 2.24) is 14.9 Å². The molecule has 0 spiro atoms. The zero-order valence-electron chi connectivity index (χ0n) is 20.4. The van der Waals surface area contributed by atoms with Gasteiger partial charge in [-0.3, -0.25) is 4.98 Å². The minimum Gasteiger partial charge on any atom is -0.457 e. The summed E-state index contributed by atoms with van der Waals surface area (Å²) in [7, 11) is 0. The minimum absolute atomic E-state index is 0.00168. The summed E-state index contributed by atoms with van der Waals surface area (Å²) in [5.41, 5.74) is 4.36. The Morgan fingerprint density at radius 3 is 2.47 bits per heavy atom. The summed E-state index contributed by atoms with van der Waals surface area (Å²) in [6.07, 6.45) is 11.5. The molecule has 1 saturated carbocycles. The molecule has 0 unspecified atom stereocenters. The molecule has 1 saturated heterocycles. The molecular weight excluding hydrogens is 464 g/mol. The fraction of sp³-hybridized carbons (Fsp3) is 0.267. The van der Waals surface area contributed by atoms with Crippen molar-refractivity contribution in [2.75, 3.05) is 4.90 Å². The lowest BCUT2D eigenvalue weighted by Crippen LogP contribution is -2.29. The number of hydrogen-bond donors (Lipinski definition) is 1. The second kappa shape index (κ2) is 9.78. The number of para-hydroxylation sites is 1. The highest BCUT2D eigenvalue weighted by Crippen LogP contribution is 2.43. The number of hydrogen-bond acceptors (Lipinski definition) is 3. The van der Waals surface area contributed by atoms with Crippen molar-refractivity contribution in [2.45, 2.75) is 50.7 Å².